The number of aromatic nitrogens is 8. The molecule has 1 aliphatic heterocycles. The number of nitrogens with one attached hydrogen (secondary N) is 2. The zero-order valence-electron chi connectivity index (χ0n) is 18.3. The number of hydrogen-bond donors (Lipinski definition) is 2. The van der Waals surface area contributed by atoms with E-state index in [1.54, 1.807) is 6.20 Å². The maximum absolute atomic E-state index is 4.78. The van der Waals surface area contributed by atoms with Gasteiger partial charge in [-0.3, -0.25) is 10.1 Å². The lowest BCUT2D eigenvalue weighted by molar-refractivity contribution is 0.313. The zero-order chi connectivity index (χ0) is 21.8. The topological polar surface area (TPSA) is 107 Å². The Bertz CT molecular complexity index is 1430. The summed E-state index contributed by atoms with van der Waals surface area (Å²) in [5, 5.41) is 8.58. The molecule has 0 spiro atoms. The van der Waals surface area contributed by atoms with Gasteiger partial charge in [0.25, 0.3) is 0 Å². The van der Waals surface area contributed by atoms with Crippen LogP contribution in [0.4, 0.5) is 5.69 Å². The normalized spacial score (nSPS) is 15.3. The van der Waals surface area contributed by atoms with E-state index in [2.05, 4.69) is 53.0 Å². The van der Waals surface area contributed by atoms with E-state index in [-0.39, 0.29) is 0 Å². The van der Waals surface area contributed by atoms with Gasteiger partial charge in [-0.1, -0.05) is 0 Å². The Hall–Kier alpha value is -3.79. The second kappa shape index (κ2) is 7.13. The van der Waals surface area contributed by atoms with Gasteiger partial charge in [0.1, 0.15) is 17.0 Å². The number of imidazole rings is 2. The van der Waals surface area contributed by atoms with Gasteiger partial charge < -0.3 is 19.4 Å². The largest absolute Gasteiger partial charge is 0.367 e. The van der Waals surface area contributed by atoms with Crippen LogP contribution in [0.15, 0.2) is 30.7 Å². The fraction of sp³-hybridized carbons (Fsp3) is 0.318. The first-order chi connectivity index (χ1) is 15.6. The van der Waals surface area contributed by atoms with Gasteiger partial charge in [0.05, 0.1) is 35.0 Å². The monoisotopic (exact) mass is 428 g/mol. The smallest absolute Gasteiger partial charge is 0.180 e. The van der Waals surface area contributed by atoms with E-state index >= 15 is 0 Å². The van der Waals surface area contributed by atoms with Gasteiger partial charge in [-0.2, -0.15) is 5.10 Å². The van der Waals surface area contributed by atoms with Crippen LogP contribution in [-0.2, 0) is 7.05 Å². The summed E-state index contributed by atoms with van der Waals surface area (Å²) in [7, 11) is 4.15. The van der Waals surface area contributed by atoms with Crippen LogP contribution in [-0.4, -0.2) is 77.8 Å². The van der Waals surface area contributed by atoms with Gasteiger partial charge >= 0.3 is 0 Å². The van der Waals surface area contributed by atoms with E-state index in [1.165, 1.54) is 0 Å². The Kier molecular flexibility index (Phi) is 4.22. The molecule has 0 unspecified atom stereocenters. The van der Waals surface area contributed by atoms with Gasteiger partial charge in [0, 0.05) is 44.8 Å². The van der Waals surface area contributed by atoms with Crippen LogP contribution < -0.4 is 4.90 Å². The Balaban J connectivity index is 1.45. The highest BCUT2D eigenvalue weighted by atomic mass is 15.3. The molecule has 1 fully saturated rings. The molecule has 0 radical (unpaired) electrons. The highest BCUT2D eigenvalue weighted by Gasteiger charge is 2.20. The molecule has 162 valence electrons. The molecule has 10 heteroatoms. The van der Waals surface area contributed by atoms with Crippen molar-refractivity contribution in [3.05, 3.63) is 36.5 Å². The lowest BCUT2D eigenvalue weighted by atomic mass is 10.2. The molecule has 5 aromatic rings. The summed E-state index contributed by atoms with van der Waals surface area (Å²) in [4.78, 5) is 26.5. The molecule has 0 saturated carbocycles. The third kappa shape index (κ3) is 2.94. The van der Waals surface area contributed by atoms with Crippen molar-refractivity contribution in [2.24, 2.45) is 7.05 Å². The summed E-state index contributed by atoms with van der Waals surface area (Å²) in [5.41, 5.74) is 6.19. The Morgan fingerprint density at radius 3 is 2.62 bits per heavy atom. The SMILES string of the molecule is Cc1ncc(-c2cc3c(-c4nc5nccc(N6CCN(C)CC6)c5[nH]4)n[nH]c3cn2)n1C. The summed E-state index contributed by atoms with van der Waals surface area (Å²) in [6.45, 7) is 6.02. The predicted octanol–water partition coefficient (Wildman–Crippen LogP) is 2.36. The molecule has 1 aliphatic rings. The van der Waals surface area contributed by atoms with Gasteiger partial charge in [0.2, 0.25) is 0 Å². The molecule has 6 heterocycles. The Morgan fingerprint density at radius 1 is 1.00 bits per heavy atom. The van der Waals surface area contributed by atoms with Gasteiger partial charge in [-0.15, -0.1) is 0 Å². The molecule has 6 rings (SSSR count). The molecule has 0 atom stereocenters. The van der Waals surface area contributed by atoms with E-state index in [4.69, 9.17) is 4.98 Å². The molecule has 2 N–H and O–H groups in total. The number of hydrogen-bond acceptors (Lipinski definition) is 7. The third-order valence-corrected chi connectivity index (χ3v) is 6.37. The van der Waals surface area contributed by atoms with Crippen molar-refractivity contribution in [1.29, 1.82) is 0 Å². The summed E-state index contributed by atoms with van der Waals surface area (Å²) in [6.07, 6.45) is 5.48. The molecular weight excluding hydrogens is 404 g/mol. The maximum Gasteiger partial charge on any atom is 0.180 e. The van der Waals surface area contributed by atoms with Crippen LogP contribution in [0.1, 0.15) is 5.82 Å². The molecule has 1 saturated heterocycles. The maximum atomic E-state index is 4.78. The number of likely N-dealkylation sites (N-methyl/N-ethyl adjacent to an activating group) is 1. The number of aryl methyl sites for hydroxylation is 1. The number of anilines is 1. The number of pyridine rings is 2. The van der Waals surface area contributed by atoms with Gasteiger partial charge in [0.15, 0.2) is 11.5 Å². The second-order valence-electron chi connectivity index (χ2n) is 8.34. The molecule has 10 nitrogen and oxygen atoms in total. The second-order valence-corrected chi connectivity index (χ2v) is 8.34. The molecule has 5 aromatic heterocycles. The quantitative estimate of drug-likeness (QED) is 0.454. The van der Waals surface area contributed by atoms with Gasteiger partial charge in [-0.05, 0) is 26.1 Å². The van der Waals surface area contributed by atoms with Crippen LogP contribution in [0.25, 0.3) is 45.0 Å². The minimum atomic E-state index is 0.693. The fourth-order valence-electron chi connectivity index (χ4n) is 4.30. The van der Waals surface area contributed by atoms with E-state index in [0.717, 1.165) is 71.2 Å². The third-order valence-electron chi connectivity index (χ3n) is 6.37. The van der Waals surface area contributed by atoms with Crippen molar-refractivity contribution >= 4 is 27.8 Å². The summed E-state index contributed by atoms with van der Waals surface area (Å²) < 4.78 is 2.03. The lowest BCUT2D eigenvalue weighted by Gasteiger charge is -2.34. The average molecular weight is 429 g/mol. The van der Waals surface area contributed by atoms with Crippen molar-refractivity contribution in [1.82, 2.24) is 44.6 Å². The lowest BCUT2D eigenvalue weighted by Crippen LogP contribution is -2.44. The fourth-order valence-corrected chi connectivity index (χ4v) is 4.30. The number of aromatic amines is 2. The van der Waals surface area contributed by atoms with Crippen molar-refractivity contribution in [2.45, 2.75) is 6.92 Å². The van der Waals surface area contributed by atoms with E-state index in [9.17, 15) is 0 Å². The van der Waals surface area contributed by atoms with Crippen molar-refractivity contribution in [2.75, 3.05) is 38.1 Å². The molecule has 0 bridgehead atoms. The number of rotatable bonds is 3. The minimum Gasteiger partial charge on any atom is -0.367 e. The van der Waals surface area contributed by atoms with Crippen LogP contribution in [0.2, 0.25) is 0 Å². The number of H-pyrrole nitrogens is 2. The van der Waals surface area contributed by atoms with Crippen LogP contribution in [0.3, 0.4) is 0 Å². The molecule has 32 heavy (non-hydrogen) atoms. The highest BCUT2D eigenvalue weighted by Crippen LogP contribution is 2.31. The van der Waals surface area contributed by atoms with E-state index in [1.807, 2.05) is 37.0 Å². The highest BCUT2D eigenvalue weighted by molar-refractivity contribution is 5.95. The zero-order valence-corrected chi connectivity index (χ0v) is 18.3. The Morgan fingerprint density at radius 2 is 1.84 bits per heavy atom. The standard InChI is InChI=1S/C22H24N10/c1-13-24-12-18(31(13)3)15-10-14-16(11-25-15)28-29-19(14)22-26-20-17(4-5-23-21(20)27-22)32-8-6-30(2)7-9-32/h4-5,10-12H,6-9H2,1-3H3,(H,28,29)(H,23,26,27). The number of piperazine rings is 1. The first-order valence-electron chi connectivity index (χ1n) is 10.7. The van der Waals surface area contributed by atoms with Crippen molar-refractivity contribution in [3.8, 4) is 22.9 Å². The van der Waals surface area contributed by atoms with Gasteiger partial charge in [-0.25, -0.2) is 15.0 Å². The van der Waals surface area contributed by atoms with E-state index in [0.29, 0.717) is 11.5 Å². The number of nitrogens with zero attached hydrogens (tertiary/aromatic N) is 8. The first kappa shape index (κ1) is 18.9. The first-order valence-corrected chi connectivity index (χ1v) is 10.7. The predicted molar refractivity (Wildman–Crippen MR) is 123 cm³/mol. The molecular formula is C22H24N10. The minimum absolute atomic E-state index is 0.693. The van der Waals surface area contributed by atoms with Crippen LogP contribution >= 0.6 is 0 Å². The molecule has 0 amide bonds. The van der Waals surface area contributed by atoms with Crippen LogP contribution in [0, 0.1) is 6.92 Å². The summed E-state index contributed by atoms with van der Waals surface area (Å²) in [5.74, 6) is 1.63. The number of fused-ring (bicyclic) bond motifs is 2. The average Bonchev–Trinajstić information content (AvgIpc) is 3.50. The molecule has 0 aliphatic carbocycles. The summed E-state index contributed by atoms with van der Waals surface area (Å²) in [6, 6.07) is 4.09. The van der Waals surface area contributed by atoms with E-state index < -0.39 is 0 Å². The Labute approximate surface area is 184 Å². The van der Waals surface area contributed by atoms with Crippen molar-refractivity contribution < 1.29 is 0 Å². The van der Waals surface area contributed by atoms with Crippen LogP contribution in [0.5, 0.6) is 0 Å². The van der Waals surface area contributed by atoms with Crippen molar-refractivity contribution in [3.63, 3.8) is 0 Å². The summed E-state index contributed by atoms with van der Waals surface area (Å²) >= 11 is 0. The molecule has 0 aromatic carbocycles.